The number of nitrogens with one attached hydrogen (secondary N) is 1. The van der Waals surface area contributed by atoms with Crippen LogP contribution in [0.25, 0.3) is 11.0 Å². The molecular weight excluding hydrogens is 278 g/mol. The average molecular weight is 299 g/mol. The first kappa shape index (κ1) is 13.8. The Labute approximate surface area is 129 Å². The summed E-state index contributed by atoms with van der Waals surface area (Å²) in [5.74, 6) is 1.93. The normalized spacial score (nSPS) is 27.5. The number of hydrogen-bond acceptors (Lipinski definition) is 3. The van der Waals surface area contributed by atoms with Gasteiger partial charge >= 0.3 is 0 Å². The van der Waals surface area contributed by atoms with Crippen LogP contribution in [-0.4, -0.2) is 47.1 Å². The van der Waals surface area contributed by atoms with Crippen molar-refractivity contribution in [3.63, 3.8) is 0 Å². The van der Waals surface area contributed by atoms with Crippen molar-refractivity contribution < 1.29 is 9.53 Å². The molecule has 2 fully saturated rings. The monoisotopic (exact) mass is 299 g/mol. The van der Waals surface area contributed by atoms with Crippen LogP contribution in [0.15, 0.2) is 24.3 Å². The van der Waals surface area contributed by atoms with Gasteiger partial charge in [-0.1, -0.05) is 12.1 Å². The third kappa shape index (κ3) is 2.29. The molecule has 2 aromatic rings. The van der Waals surface area contributed by atoms with Crippen molar-refractivity contribution in [3.05, 3.63) is 30.1 Å². The number of amides is 1. The molecule has 2 heterocycles. The Bertz CT molecular complexity index is 649. The Morgan fingerprint density at radius 1 is 1.32 bits per heavy atom. The first-order valence-electron chi connectivity index (χ1n) is 7.99. The van der Waals surface area contributed by atoms with E-state index in [-0.39, 0.29) is 5.91 Å². The fourth-order valence-corrected chi connectivity index (χ4v) is 4.11. The fourth-order valence-electron chi connectivity index (χ4n) is 4.11. The Hall–Kier alpha value is -1.88. The number of ether oxygens (including phenoxy) is 1. The van der Waals surface area contributed by atoms with Gasteiger partial charge in [0, 0.05) is 32.0 Å². The van der Waals surface area contributed by atoms with Crippen LogP contribution in [0.3, 0.4) is 0 Å². The summed E-state index contributed by atoms with van der Waals surface area (Å²) in [7, 11) is 1.79. The van der Waals surface area contributed by atoms with Crippen LogP contribution >= 0.6 is 0 Å². The van der Waals surface area contributed by atoms with E-state index >= 15 is 0 Å². The molecule has 0 spiro atoms. The molecule has 1 aliphatic heterocycles. The van der Waals surface area contributed by atoms with Gasteiger partial charge < -0.3 is 14.6 Å². The summed E-state index contributed by atoms with van der Waals surface area (Å²) in [6.07, 6.45) is 3.05. The number of fused-ring (bicyclic) bond motifs is 3. The summed E-state index contributed by atoms with van der Waals surface area (Å²) in [5.41, 5.74) is 1.91. The van der Waals surface area contributed by atoms with E-state index in [9.17, 15) is 4.79 Å². The molecule has 5 nitrogen and oxygen atoms in total. The molecule has 2 aliphatic rings. The lowest BCUT2D eigenvalue weighted by atomic mass is 9.94. The van der Waals surface area contributed by atoms with Crippen molar-refractivity contribution in [2.75, 3.05) is 20.2 Å². The highest BCUT2D eigenvalue weighted by atomic mass is 16.5. The van der Waals surface area contributed by atoms with Crippen LogP contribution < -0.4 is 0 Å². The van der Waals surface area contributed by atoms with E-state index in [1.54, 1.807) is 7.11 Å². The van der Waals surface area contributed by atoms with Gasteiger partial charge in [-0.15, -0.1) is 0 Å². The van der Waals surface area contributed by atoms with E-state index in [2.05, 4.69) is 9.97 Å². The van der Waals surface area contributed by atoms with Crippen molar-refractivity contribution in [2.24, 2.45) is 11.8 Å². The van der Waals surface area contributed by atoms with Crippen LogP contribution in [0.1, 0.15) is 18.7 Å². The highest BCUT2D eigenvalue weighted by molar-refractivity contribution is 5.80. The SMILES string of the molecule is COC1[C@@H]2CC[C@H]1CN(C(=O)Cc1nc3ccccc3[nH]1)C2. The molecule has 1 saturated carbocycles. The second kappa shape index (κ2) is 5.39. The number of para-hydroxylation sites is 2. The Balaban J connectivity index is 1.46. The van der Waals surface area contributed by atoms with Gasteiger partial charge in [-0.3, -0.25) is 4.79 Å². The Morgan fingerprint density at radius 2 is 2.05 bits per heavy atom. The van der Waals surface area contributed by atoms with Crippen molar-refractivity contribution in [1.29, 1.82) is 0 Å². The van der Waals surface area contributed by atoms with Gasteiger partial charge in [-0.2, -0.15) is 0 Å². The van der Waals surface area contributed by atoms with Crippen molar-refractivity contribution in [2.45, 2.75) is 25.4 Å². The molecule has 3 atom stereocenters. The number of imidazole rings is 1. The molecule has 1 saturated heterocycles. The fraction of sp³-hybridized carbons (Fsp3) is 0.529. The van der Waals surface area contributed by atoms with Crippen LogP contribution in [0, 0.1) is 11.8 Å². The van der Waals surface area contributed by atoms with Crippen molar-refractivity contribution in [1.82, 2.24) is 14.9 Å². The molecular formula is C17H21N3O2. The van der Waals surface area contributed by atoms with Gasteiger partial charge in [0.25, 0.3) is 0 Å². The summed E-state index contributed by atoms with van der Waals surface area (Å²) in [6.45, 7) is 1.65. The van der Waals surface area contributed by atoms with Gasteiger partial charge in [0.1, 0.15) is 5.82 Å². The number of nitrogens with zero attached hydrogens (tertiary/aromatic N) is 2. The molecule has 1 aliphatic carbocycles. The van der Waals surface area contributed by atoms with Crippen LogP contribution in [0.4, 0.5) is 0 Å². The van der Waals surface area contributed by atoms with Gasteiger partial charge in [0.15, 0.2) is 0 Å². The molecule has 1 aromatic heterocycles. The zero-order valence-corrected chi connectivity index (χ0v) is 12.8. The lowest BCUT2D eigenvalue weighted by Gasteiger charge is -2.37. The minimum absolute atomic E-state index is 0.172. The maximum atomic E-state index is 12.6. The van der Waals surface area contributed by atoms with Crippen molar-refractivity contribution in [3.8, 4) is 0 Å². The molecule has 22 heavy (non-hydrogen) atoms. The van der Waals surface area contributed by atoms with E-state index < -0.39 is 0 Å². The molecule has 2 bridgehead atoms. The molecule has 4 rings (SSSR count). The number of aromatic nitrogens is 2. The van der Waals surface area contributed by atoms with E-state index in [1.807, 2.05) is 29.2 Å². The lowest BCUT2D eigenvalue weighted by molar-refractivity contribution is -0.135. The average Bonchev–Trinajstić information content (AvgIpc) is 3.03. The Morgan fingerprint density at radius 3 is 2.73 bits per heavy atom. The van der Waals surface area contributed by atoms with Gasteiger partial charge in [0.2, 0.25) is 5.91 Å². The lowest BCUT2D eigenvalue weighted by Crippen LogP contribution is -2.48. The Kier molecular flexibility index (Phi) is 3.37. The van der Waals surface area contributed by atoms with E-state index in [4.69, 9.17) is 4.74 Å². The zero-order chi connectivity index (χ0) is 15.1. The number of rotatable bonds is 3. The van der Waals surface area contributed by atoms with Gasteiger partial charge in [-0.05, 0) is 25.0 Å². The molecule has 1 aromatic carbocycles. The van der Waals surface area contributed by atoms with Crippen LogP contribution in [-0.2, 0) is 16.0 Å². The van der Waals surface area contributed by atoms with Crippen LogP contribution in [0.5, 0.6) is 0 Å². The number of H-pyrrole nitrogens is 1. The smallest absolute Gasteiger partial charge is 0.230 e. The largest absolute Gasteiger partial charge is 0.381 e. The summed E-state index contributed by atoms with van der Waals surface area (Å²) in [5, 5.41) is 0. The highest BCUT2D eigenvalue weighted by Gasteiger charge is 2.43. The first-order valence-corrected chi connectivity index (χ1v) is 7.99. The number of likely N-dealkylation sites (tertiary alicyclic amines) is 1. The number of methoxy groups -OCH3 is 1. The first-order chi connectivity index (χ1) is 10.7. The quantitative estimate of drug-likeness (QED) is 0.943. The standard InChI is InChI=1S/C17H21N3O2/c1-22-17-11-6-7-12(17)10-20(9-11)16(21)8-15-18-13-4-2-3-5-14(13)19-15/h2-5,11-12,17H,6-10H2,1H3,(H,18,19)/t11-,12+,17?. The van der Waals surface area contributed by atoms with Gasteiger partial charge in [0.05, 0.1) is 23.6 Å². The number of benzene rings is 1. The molecule has 116 valence electrons. The zero-order valence-electron chi connectivity index (χ0n) is 12.8. The molecule has 0 radical (unpaired) electrons. The molecule has 1 N–H and O–H groups in total. The highest BCUT2D eigenvalue weighted by Crippen LogP contribution is 2.38. The number of piperidine rings is 1. The number of carbonyl (C=O) groups is 1. The second-order valence-corrected chi connectivity index (χ2v) is 6.47. The van der Waals surface area contributed by atoms with Crippen LogP contribution in [0.2, 0.25) is 0 Å². The molecule has 1 unspecified atom stereocenters. The topological polar surface area (TPSA) is 58.2 Å². The van der Waals surface area contributed by atoms with E-state index in [1.165, 1.54) is 12.8 Å². The summed E-state index contributed by atoms with van der Waals surface area (Å²) in [4.78, 5) is 22.3. The van der Waals surface area contributed by atoms with Crippen molar-refractivity contribution >= 4 is 16.9 Å². The summed E-state index contributed by atoms with van der Waals surface area (Å²) in [6, 6.07) is 7.88. The second-order valence-electron chi connectivity index (χ2n) is 6.47. The summed E-state index contributed by atoms with van der Waals surface area (Å²) < 4.78 is 5.61. The minimum Gasteiger partial charge on any atom is -0.381 e. The minimum atomic E-state index is 0.172. The predicted molar refractivity (Wildman–Crippen MR) is 83.4 cm³/mol. The van der Waals surface area contributed by atoms with E-state index in [0.29, 0.717) is 24.4 Å². The number of aromatic amines is 1. The maximum Gasteiger partial charge on any atom is 0.230 e. The number of carbonyl (C=O) groups excluding carboxylic acids is 1. The van der Waals surface area contributed by atoms with E-state index in [0.717, 1.165) is 29.9 Å². The molecule has 1 amide bonds. The maximum absolute atomic E-state index is 12.6. The third-order valence-corrected chi connectivity index (χ3v) is 5.13. The summed E-state index contributed by atoms with van der Waals surface area (Å²) >= 11 is 0. The molecule has 5 heteroatoms. The third-order valence-electron chi connectivity index (χ3n) is 5.13. The predicted octanol–water partition coefficient (Wildman–Crippen LogP) is 1.99. The number of hydrogen-bond donors (Lipinski definition) is 1. The van der Waals surface area contributed by atoms with Gasteiger partial charge in [-0.25, -0.2) is 4.98 Å².